The summed E-state index contributed by atoms with van der Waals surface area (Å²) in [5, 5.41) is 8.89. The van der Waals surface area contributed by atoms with E-state index in [9.17, 15) is 9.59 Å². The molecule has 2 heterocycles. The maximum absolute atomic E-state index is 12.6. The number of ether oxygens (including phenoxy) is 2. The monoisotopic (exact) mass is 347 g/mol. The molecule has 1 aromatic carbocycles. The number of benzene rings is 1. The molecule has 0 aliphatic carbocycles. The fourth-order valence-electron chi connectivity index (χ4n) is 3.38. The number of rotatable bonds is 6. The van der Waals surface area contributed by atoms with Gasteiger partial charge < -0.3 is 19.5 Å². The second kappa shape index (κ2) is 8.45. The predicted molar refractivity (Wildman–Crippen MR) is 91.6 cm³/mol. The van der Waals surface area contributed by atoms with E-state index in [2.05, 4.69) is 0 Å². The van der Waals surface area contributed by atoms with E-state index in [1.54, 1.807) is 24.3 Å². The average molecular weight is 347 g/mol. The lowest BCUT2D eigenvalue weighted by atomic mass is 10.0. The van der Waals surface area contributed by atoms with E-state index in [4.69, 9.17) is 14.6 Å². The zero-order chi connectivity index (χ0) is 17.6. The third-order valence-corrected chi connectivity index (χ3v) is 4.85. The Morgan fingerprint density at radius 2 is 2.04 bits per heavy atom. The van der Waals surface area contributed by atoms with Gasteiger partial charge in [0.2, 0.25) is 0 Å². The van der Waals surface area contributed by atoms with Crippen LogP contribution in [0, 0.1) is 5.92 Å². The van der Waals surface area contributed by atoms with Gasteiger partial charge in [-0.25, -0.2) is 0 Å². The molecule has 0 saturated carbocycles. The number of piperidine rings is 1. The van der Waals surface area contributed by atoms with Gasteiger partial charge in [0.15, 0.2) is 0 Å². The number of carboxylic acid groups (broad SMARTS) is 1. The second-order valence-corrected chi connectivity index (χ2v) is 6.83. The minimum Gasteiger partial charge on any atom is -0.481 e. The number of hydrogen-bond acceptors (Lipinski definition) is 4. The van der Waals surface area contributed by atoms with Crippen molar-refractivity contribution in [2.24, 2.45) is 5.92 Å². The van der Waals surface area contributed by atoms with E-state index < -0.39 is 5.97 Å². The van der Waals surface area contributed by atoms with Gasteiger partial charge in [-0.3, -0.25) is 9.59 Å². The zero-order valence-electron chi connectivity index (χ0n) is 14.4. The number of aliphatic carboxylic acids is 1. The molecule has 1 atom stereocenters. The molecule has 2 saturated heterocycles. The molecular formula is C19H25NO5. The Labute approximate surface area is 147 Å². The van der Waals surface area contributed by atoms with E-state index in [0.717, 1.165) is 39.1 Å². The van der Waals surface area contributed by atoms with Gasteiger partial charge in [0.05, 0.1) is 25.7 Å². The lowest BCUT2D eigenvalue weighted by Gasteiger charge is -2.32. The molecule has 0 spiro atoms. The van der Waals surface area contributed by atoms with Gasteiger partial charge >= 0.3 is 5.97 Å². The van der Waals surface area contributed by atoms with Crippen LogP contribution in [0.5, 0.6) is 0 Å². The summed E-state index contributed by atoms with van der Waals surface area (Å²) in [6.45, 7) is 3.73. The quantitative estimate of drug-likeness (QED) is 0.851. The van der Waals surface area contributed by atoms with Crippen molar-refractivity contribution in [1.82, 2.24) is 4.90 Å². The Morgan fingerprint density at radius 1 is 1.24 bits per heavy atom. The van der Waals surface area contributed by atoms with Crippen LogP contribution in [0.4, 0.5) is 0 Å². The minimum absolute atomic E-state index is 0.0325. The molecule has 1 aromatic rings. The molecule has 3 rings (SSSR count). The molecule has 0 radical (unpaired) electrons. The number of nitrogens with zero attached hydrogens (tertiary/aromatic N) is 1. The van der Waals surface area contributed by atoms with Gasteiger partial charge in [-0.05, 0) is 37.0 Å². The molecule has 25 heavy (non-hydrogen) atoms. The SMILES string of the molecule is O=C(O)Cc1cccc(C(=O)N2CCC(OCC3CCOC3)CC2)c1. The fourth-order valence-corrected chi connectivity index (χ4v) is 3.38. The van der Waals surface area contributed by atoms with Crippen molar-refractivity contribution in [1.29, 1.82) is 0 Å². The maximum Gasteiger partial charge on any atom is 0.307 e. The van der Waals surface area contributed by atoms with Crippen molar-refractivity contribution in [2.75, 3.05) is 32.9 Å². The Kier molecular flexibility index (Phi) is 6.04. The van der Waals surface area contributed by atoms with Crippen LogP contribution in [0.15, 0.2) is 24.3 Å². The number of likely N-dealkylation sites (tertiary alicyclic amines) is 1. The molecule has 136 valence electrons. The van der Waals surface area contributed by atoms with Crippen LogP contribution in [-0.2, 0) is 20.7 Å². The van der Waals surface area contributed by atoms with Crippen LogP contribution in [0.1, 0.15) is 35.2 Å². The van der Waals surface area contributed by atoms with E-state index in [-0.39, 0.29) is 18.4 Å². The summed E-state index contributed by atoms with van der Waals surface area (Å²) >= 11 is 0. The average Bonchev–Trinajstić information content (AvgIpc) is 3.13. The summed E-state index contributed by atoms with van der Waals surface area (Å²) in [5.74, 6) is -0.415. The third-order valence-electron chi connectivity index (χ3n) is 4.85. The number of carbonyl (C=O) groups is 2. The summed E-state index contributed by atoms with van der Waals surface area (Å²) in [5.41, 5.74) is 1.21. The molecule has 2 fully saturated rings. The summed E-state index contributed by atoms with van der Waals surface area (Å²) in [7, 11) is 0. The van der Waals surface area contributed by atoms with Crippen LogP contribution in [0.2, 0.25) is 0 Å². The second-order valence-electron chi connectivity index (χ2n) is 6.83. The first-order valence-corrected chi connectivity index (χ1v) is 8.91. The smallest absolute Gasteiger partial charge is 0.307 e. The zero-order valence-corrected chi connectivity index (χ0v) is 14.4. The molecule has 1 N–H and O–H groups in total. The summed E-state index contributed by atoms with van der Waals surface area (Å²) in [6, 6.07) is 6.90. The Morgan fingerprint density at radius 3 is 2.72 bits per heavy atom. The van der Waals surface area contributed by atoms with E-state index in [1.165, 1.54) is 0 Å². The van der Waals surface area contributed by atoms with Gasteiger partial charge in [0, 0.05) is 31.2 Å². The maximum atomic E-state index is 12.6. The van der Waals surface area contributed by atoms with Crippen molar-refractivity contribution in [3.05, 3.63) is 35.4 Å². The van der Waals surface area contributed by atoms with Crippen molar-refractivity contribution < 1.29 is 24.2 Å². The normalized spacial score (nSPS) is 21.4. The number of carboxylic acids is 1. The molecule has 2 aliphatic heterocycles. The van der Waals surface area contributed by atoms with Crippen molar-refractivity contribution in [2.45, 2.75) is 31.8 Å². The first kappa shape index (κ1) is 17.9. The van der Waals surface area contributed by atoms with E-state index in [0.29, 0.717) is 30.1 Å². The number of hydrogen-bond donors (Lipinski definition) is 1. The standard InChI is InChI=1S/C19H25NO5/c21-18(22)11-14-2-1-3-16(10-14)19(23)20-7-4-17(5-8-20)25-13-15-6-9-24-12-15/h1-3,10,15,17H,4-9,11-13H2,(H,21,22). The first-order chi connectivity index (χ1) is 12.1. The van der Waals surface area contributed by atoms with Crippen LogP contribution in [0.25, 0.3) is 0 Å². The van der Waals surface area contributed by atoms with Gasteiger partial charge in [0.25, 0.3) is 5.91 Å². The van der Waals surface area contributed by atoms with Gasteiger partial charge in [-0.15, -0.1) is 0 Å². The Hall–Kier alpha value is -1.92. The highest BCUT2D eigenvalue weighted by Gasteiger charge is 2.25. The molecule has 6 heteroatoms. The molecule has 2 aliphatic rings. The lowest BCUT2D eigenvalue weighted by molar-refractivity contribution is -0.136. The fraction of sp³-hybridized carbons (Fsp3) is 0.579. The Balaban J connectivity index is 1.48. The minimum atomic E-state index is -0.893. The summed E-state index contributed by atoms with van der Waals surface area (Å²) in [6.07, 6.45) is 2.90. The van der Waals surface area contributed by atoms with Crippen LogP contribution < -0.4 is 0 Å². The largest absolute Gasteiger partial charge is 0.481 e. The molecule has 1 amide bonds. The predicted octanol–water partition coefficient (Wildman–Crippen LogP) is 1.97. The highest BCUT2D eigenvalue weighted by Crippen LogP contribution is 2.20. The van der Waals surface area contributed by atoms with Crippen LogP contribution in [-0.4, -0.2) is 60.9 Å². The highest BCUT2D eigenvalue weighted by atomic mass is 16.5. The van der Waals surface area contributed by atoms with E-state index in [1.807, 2.05) is 4.90 Å². The van der Waals surface area contributed by atoms with Crippen molar-refractivity contribution in [3.63, 3.8) is 0 Å². The number of carbonyl (C=O) groups excluding carboxylic acids is 1. The lowest BCUT2D eigenvalue weighted by Crippen LogP contribution is -2.41. The Bertz CT molecular complexity index is 604. The summed E-state index contributed by atoms with van der Waals surface area (Å²) < 4.78 is 11.3. The van der Waals surface area contributed by atoms with Gasteiger partial charge in [0.1, 0.15) is 0 Å². The molecular weight excluding hydrogens is 322 g/mol. The summed E-state index contributed by atoms with van der Waals surface area (Å²) in [4.78, 5) is 25.3. The number of amides is 1. The molecule has 6 nitrogen and oxygen atoms in total. The molecule has 0 aromatic heterocycles. The highest BCUT2D eigenvalue weighted by molar-refractivity contribution is 5.94. The first-order valence-electron chi connectivity index (χ1n) is 8.91. The molecule has 0 bridgehead atoms. The van der Waals surface area contributed by atoms with E-state index >= 15 is 0 Å². The van der Waals surface area contributed by atoms with Gasteiger partial charge in [-0.1, -0.05) is 12.1 Å². The van der Waals surface area contributed by atoms with Crippen LogP contribution >= 0.6 is 0 Å². The van der Waals surface area contributed by atoms with Crippen molar-refractivity contribution >= 4 is 11.9 Å². The third kappa shape index (κ3) is 5.03. The van der Waals surface area contributed by atoms with Gasteiger partial charge in [-0.2, -0.15) is 0 Å². The topological polar surface area (TPSA) is 76.1 Å². The van der Waals surface area contributed by atoms with Crippen LogP contribution in [0.3, 0.4) is 0 Å². The van der Waals surface area contributed by atoms with Crippen molar-refractivity contribution in [3.8, 4) is 0 Å². The molecule has 1 unspecified atom stereocenters.